The highest BCUT2D eigenvalue weighted by molar-refractivity contribution is 9.10. The Bertz CT molecular complexity index is 716. The van der Waals surface area contributed by atoms with Crippen LogP contribution in [0.25, 0.3) is 0 Å². The standard InChI is InChI=1S/C17H17BrO6/c1-21-12-4-3-5-13(10-12)23-6-7-24-16-14(18)8-11(17(19)20)9-15(16)22-2/h3-5,8-10H,6-7H2,1-2H3,(H,19,20). The summed E-state index contributed by atoms with van der Waals surface area (Å²) in [5, 5.41) is 9.06. The summed E-state index contributed by atoms with van der Waals surface area (Å²) in [5.74, 6) is 1.11. The van der Waals surface area contributed by atoms with Crippen LogP contribution in [0.15, 0.2) is 40.9 Å². The van der Waals surface area contributed by atoms with Crippen molar-refractivity contribution in [3.63, 3.8) is 0 Å². The summed E-state index contributed by atoms with van der Waals surface area (Å²) in [6.45, 7) is 0.571. The molecule has 0 saturated carbocycles. The molecule has 0 fully saturated rings. The lowest BCUT2D eigenvalue weighted by Gasteiger charge is -2.14. The van der Waals surface area contributed by atoms with Crippen molar-refractivity contribution in [3.8, 4) is 23.0 Å². The normalized spacial score (nSPS) is 10.1. The molecule has 7 heteroatoms. The fraction of sp³-hybridized carbons (Fsp3) is 0.235. The van der Waals surface area contributed by atoms with Crippen LogP contribution in [0.3, 0.4) is 0 Å². The van der Waals surface area contributed by atoms with E-state index in [-0.39, 0.29) is 12.2 Å². The van der Waals surface area contributed by atoms with E-state index in [1.54, 1.807) is 13.2 Å². The van der Waals surface area contributed by atoms with Gasteiger partial charge >= 0.3 is 5.97 Å². The fourth-order valence-corrected chi connectivity index (χ4v) is 2.53. The Balaban J connectivity index is 1.97. The molecule has 6 nitrogen and oxygen atoms in total. The summed E-state index contributed by atoms with van der Waals surface area (Å²) in [7, 11) is 3.04. The molecule has 128 valence electrons. The molecule has 0 heterocycles. The lowest BCUT2D eigenvalue weighted by Crippen LogP contribution is -2.10. The zero-order chi connectivity index (χ0) is 17.5. The first-order valence-corrected chi connectivity index (χ1v) is 7.85. The van der Waals surface area contributed by atoms with Crippen molar-refractivity contribution in [1.82, 2.24) is 0 Å². The van der Waals surface area contributed by atoms with E-state index >= 15 is 0 Å². The van der Waals surface area contributed by atoms with Crippen molar-refractivity contribution < 1.29 is 28.8 Å². The molecule has 0 spiro atoms. The second-order valence-corrected chi connectivity index (χ2v) is 5.52. The first-order valence-electron chi connectivity index (χ1n) is 7.05. The Kier molecular flexibility index (Phi) is 6.31. The van der Waals surface area contributed by atoms with Crippen molar-refractivity contribution in [1.29, 1.82) is 0 Å². The van der Waals surface area contributed by atoms with Crippen LogP contribution >= 0.6 is 15.9 Å². The highest BCUT2D eigenvalue weighted by atomic mass is 79.9. The maximum absolute atomic E-state index is 11.1. The molecule has 0 aliphatic rings. The predicted molar refractivity (Wildman–Crippen MR) is 91.6 cm³/mol. The van der Waals surface area contributed by atoms with Crippen LogP contribution < -0.4 is 18.9 Å². The Morgan fingerprint density at radius 3 is 2.42 bits per heavy atom. The zero-order valence-electron chi connectivity index (χ0n) is 13.2. The maximum Gasteiger partial charge on any atom is 0.335 e. The summed E-state index contributed by atoms with van der Waals surface area (Å²) >= 11 is 3.30. The van der Waals surface area contributed by atoms with Crippen molar-refractivity contribution in [2.75, 3.05) is 27.4 Å². The van der Waals surface area contributed by atoms with Gasteiger partial charge in [-0.25, -0.2) is 4.79 Å². The molecule has 0 aliphatic heterocycles. The lowest BCUT2D eigenvalue weighted by atomic mass is 10.2. The molecule has 0 atom stereocenters. The highest BCUT2D eigenvalue weighted by Crippen LogP contribution is 2.36. The van der Waals surface area contributed by atoms with Crippen LogP contribution in [0.5, 0.6) is 23.0 Å². The van der Waals surface area contributed by atoms with Gasteiger partial charge in [0.25, 0.3) is 0 Å². The molecule has 0 amide bonds. The molecular weight excluding hydrogens is 380 g/mol. The van der Waals surface area contributed by atoms with Crippen molar-refractivity contribution in [3.05, 3.63) is 46.4 Å². The molecule has 2 aromatic carbocycles. The molecule has 0 unspecified atom stereocenters. The van der Waals surface area contributed by atoms with E-state index in [1.165, 1.54) is 19.2 Å². The van der Waals surface area contributed by atoms with E-state index in [0.717, 1.165) is 0 Å². The van der Waals surface area contributed by atoms with E-state index < -0.39 is 5.97 Å². The summed E-state index contributed by atoms with van der Waals surface area (Å²) in [5.41, 5.74) is 0.110. The molecular formula is C17H17BrO6. The third-order valence-corrected chi connectivity index (χ3v) is 3.71. The van der Waals surface area contributed by atoms with Gasteiger partial charge in [0.05, 0.1) is 24.3 Å². The molecule has 0 aromatic heterocycles. The topological polar surface area (TPSA) is 74.2 Å². The van der Waals surface area contributed by atoms with Gasteiger partial charge in [-0.2, -0.15) is 0 Å². The van der Waals surface area contributed by atoms with E-state index in [1.807, 2.05) is 18.2 Å². The summed E-state index contributed by atoms with van der Waals surface area (Å²) in [4.78, 5) is 11.1. The SMILES string of the molecule is COc1cccc(OCCOc2c(Br)cc(C(=O)O)cc2OC)c1. The van der Waals surface area contributed by atoms with Crippen molar-refractivity contribution in [2.24, 2.45) is 0 Å². The number of rotatable bonds is 8. The molecule has 0 bridgehead atoms. The van der Waals surface area contributed by atoms with Crippen LogP contribution in [0, 0.1) is 0 Å². The average Bonchev–Trinajstić information content (AvgIpc) is 2.59. The van der Waals surface area contributed by atoms with Gasteiger partial charge in [0.1, 0.15) is 24.7 Å². The minimum absolute atomic E-state index is 0.110. The largest absolute Gasteiger partial charge is 0.497 e. The number of hydrogen-bond acceptors (Lipinski definition) is 5. The number of carbonyl (C=O) groups is 1. The molecule has 0 saturated heterocycles. The molecule has 0 aliphatic carbocycles. The minimum Gasteiger partial charge on any atom is -0.497 e. The van der Waals surface area contributed by atoms with Gasteiger partial charge in [-0.05, 0) is 40.2 Å². The Labute approximate surface area is 148 Å². The van der Waals surface area contributed by atoms with E-state index in [4.69, 9.17) is 24.1 Å². The Hall–Kier alpha value is -2.41. The average molecular weight is 397 g/mol. The van der Waals surface area contributed by atoms with E-state index in [2.05, 4.69) is 15.9 Å². The second kappa shape index (κ2) is 8.44. The van der Waals surface area contributed by atoms with Crippen LogP contribution in [0.2, 0.25) is 0 Å². The number of hydrogen-bond donors (Lipinski definition) is 1. The molecule has 24 heavy (non-hydrogen) atoms. The summed E-state index contributed by atoms with van der Waals surface area (Å²) in [6, 6.07) is 10.1. The molecule has 2 rings (SSSR count). The third kappa shape index (κ3) is 4.55. The summed E-state index contributed by atoms with van der Waals surface area (Å²) < 4.78 is 22.1. The van der Waals surface area contributed by atoms with E-state index in [9.17, 15) is 4.79 Å². The number of benzene rings is 2. The summed E-state index contributed by atoms with van der Waals surface area (Å²) in [6.07, 6.45) is 0. The van der Waals surface area contributed by atoms with Gasteiger partial charge in [0.2, 0.25) is 0 Å². The van der Waals surface area contributed by atoms with Crippen LogP contribution in [-0.2, 0) is 0 Å². The quantitative estimate of drug-likeness (QED) is 0.686. The third-order valence-electron chi connectivity index (χ3n) is 3.12. The number of aromatic carboxylic acids is 1. The second-order valence-electron chi connectivity index (χ2n) is 4.67. The number of halogens is 1. The van der Waals surface area contributed by atoms with Gasteiger partial charge in [-0.1, -0.05) is 6.07 Å². The van der Waals surface area contributed by atoms with Gasteiger partial charge in [-0.3, -0.25) is 0 Å². The Morgan fingerprint density at radius 2 is 1.75 bits per heavy atom. The number of methoxy groups -OCH3 is 2. The first-order chi connectivity index (χ1) is 11.5. The Morgan fingerprint density at radius 1 is 1.04 bits per heavy atom. The number of carboxylic acids is 1. The molecule has 0 radical (unpaired) electrons. The van der Waals surface area contributed by atoms with Crippen LogP contribution in [0.1, 0.15) is 10.4 Å². The first kappa shape index (κ1) is 17.9. The van der Waals surface area contributed by atoms with Crippen molar-refractivity contribution >= 4 is 21.9 Å². The number of carboxylic acid groups (broad SMARTS) is 1. The van der Waals surface area contributed by atoms with Gasteiger partial charge in [0.15, 0.2) is 11.5 Å². The van der Waals surface area contributed by atoms with Gasteiger partial charge < -0.3 is 24.1 Å². The lowest BCUT2D eigenvalue weighted by molar-refractivity contribution is 0.0696. The van der Waals surface area contributed by atoms with Gasteiger partial charge in [-0.15, -0.1) is 0 Å². The smallest absolute Gasteiger partial charge is 0.335 e. The van der Waals surface area contributed by atoms with Gasteiger partial charge in [0, 0.05) is 6.07 Å². The zero-order valence-corrected chi connectivity index (χ0v) is 14.8. The fourth-order valence-electron chi connectivity index (χ4n) is 1.98. The monoisotopic (exact) mass is 396 g/mol. The predicted octanol–water partition coefficient (Wildman–Crippen LogP) is 3.62. The van der Waals surface area contributed by atoms with Crippen LogP contribution in [0.4, 0.5) is 0 Å². The minimum atomic E-state index is -1.04. The number of ether oxygens (including phenoxy) is 4. The highest BCUT2D eigenvalue weighted by Gasteiger charge is 2.15. The van der Waals surface area contributed by atoms with Crippen molar-refractivity contribution in [2.45, 2.75) is 0 Å². The molecule has 2 aromatic rings. The van der Waals surface area contributed by atoms with E-state index in [0.29, 0.717) is 34.1 Å². The van der Waals surface area contributed by atoms with Crippen LogP contribution in [-0.4, -0.2) is 38.5 Å². The maximum atomic E-state index is 11.1. The molecule has 1 N–H and O–H groups in total.